The lowest BCUT2D eigenvalue weighted by molar-refractivity contribution is 0.374. The number of hydrogen-bond donors (Lipinski definition) is 1. The van der Waals surface area contributed by atoms with E-state index >= 15 is 0 Å². The largest absolute Gasteiger partial charge is 0.496 e. The summed E-state index contributed by atoms with van der Waals surface area (Å²) in [6, 6.07) is 9.98. The maximum absolute atomic E-state index is 5.43. The van der Waals surface area contributed by atoms with Gasteiger partial charge in [-0.1, -0.05) is 37.2 Å². The summed E-state index contributed by atoms with van der Waals surface area (Å²) in [5, 5.41) is 7.39. The number of halogens is 1. The number of guanidine groups is 1. The summed E-state index contributed by atoms with van der Waals surface area (Å²) in [6.07, 6.45) is 0. The molecule has 0 unspecified atom stereocenters. The van der Waals surface area contributed by atoms with Crippen molar-refractivity contribution in [3.63, 3.8) is 0 Å². The molecule has 144 valence electrons. The highest BCUT2D eigenvalue weighted by Crippen LogP contribution is 2.19. The summed E-state index contributed by atoms with van der Waals surface area (Å²) >= 11 is 0. The number of hydrogen-bond acceptors (Lipinski definition) is 4. The highest BCUT2D eigenvalue weighted by atomic mass is 127. The van der Waals surface area contributed by atoms with E-state index in [1.54, 1.807) is 7.11 Å². The molecule has 0 radical (unpaired) electrons. The number of nitrogens with one attached hydrogen (secondary N) is 1. The third kappa shape index (κ3) is 6.19. The molecule has 0 bridgehead atoms. The van der Waals surface area contributed by atoms with Crippen molar-refractivity contribution in [2.45, 2.75) is 39.8 Å². The third-order valence-electron chi connectivity index (χ3n) is 3.85. The molecule has 1 aromatic carbocycles. The topological polar surface area (TPSA) is 62.9 Å². The van der Waals surface area contributed by atoms with Gasteiger partial charge in [0.2, 0.25) is 0 Å². The number of rotatable bonds is 7. The molecule has 1 heterocycles. The zero-order chi connectivity index (χ0) is 18.2. The van der Waals surface area contributed by atoms with Gasteiger partial charge in [0.1, 0.15) is 12.3 Å². The van der Waals surface area contributed by atoms with E-state index in [1.807, 2.05) is 31.3 Å². The van der Waals surface area contributed by atoms with E-state index in [2.05, 4.69) is 47.2 Å². The van der Waals surface area contributed by atoms with Gasteiger partial charge in [-0.25, -0.2) is 4.99 Å². The molecular formula is C19H29IN4O2. The molecule has 6 nitrogen and oxygen atoms in total. The Kier molecular flexibility index (Phi) is 9.47. The van der Waals surface area contributed by atoms with Crippen LogP contribution in [-0.2, 0) is 13.1 Å². The van der Waals surface area contributed by atoms with Crippen molar-refractivity contribution in [3.05, 3.63) is 47.3 Å². The monoisotopic (exact) mass is 472 g/mol. The Balaban J connectivity index is 0.00000338. The molecule has 26 heavy (non-hydrogen) atoms. The van der Waals surface area contributed by atoms with Crippen molar-refractivity contribution in [2.75, 3.05) is 20.7 Å². The number of nitrogens with zero attached hydrogens (tertiary/aromatic N) is 3. The van der Waals surface area contributed by atoms with Crippen LogP contribution < -0.4 is 10.1 Å². The molecule has 0 aliphatic carbocycles. The van der Waals surface area contributed by atoms with Crippen LogP contribution in [0.5, 0.6) is 5.75 Å². The minimum absolute atomic E-state index is 0. The van der Waals surface area contributed by atoms with Crippen LogP contribution in [0.4, 0.5) is 0 Å². The Morgan fingerprint density at radius 1 is 1.35 bits per heavy atom. The lowest BCUT2D eigenvalue weighted by Gasteiger charge is -2.23. The first kappa shape index (κ1) is 22.3. The fourth-order valence-electron chi connectivity index (χ4n) is 2.46. The Morgan fingerprint density at radius 2 is 2.08 bits per heavy atom. The molecule has 0 fully saturated rings. The van der Waals surface area contributed by atoms with Gasteiger partial charge in [0.15, 0.2) is 11.7 Å². The van der Waals surface area contributed by atoms with E-state index in [0.29, 0.717) is 19.0 Å². The Bertz CT molecular complexity index is 700. The quantitative estimate of drug-likeness (QED) is 0.375. The average molecular weight is 472 g/mol. The van der Waals surface area contributed by atoms with Gasteiger partial charge in [-0.05, 0) is 18.9 Å². The van der Waals surface area contributed by atoms with E-state index in [-0.39, 0.29) is 24.0 Å². The first-order valence-electron chi connectivity index (χ1n) is 8.62. The second kappa shape index (κ2) is 11.1. The van der Waals surface area contributed by atoms with Crippen molar-refractivity contribution in [1.82, 2.24) is 15.4 Å². The summed E-state index contributed by atoms with van der Waals surface area (Å²) in [4.78, 5) is 6.74. The second-order valence-electron chi connectivity index (χ2n) is 6.21. The van der Waals surface area contributed by atoms with E-state index < -0.39 is 0 Å². The third-order valence-corrected chi connectivity index (χ3v) is 3.85. The molecular weight excluding hydrogens is 443 g/mol. The predicted molar refractivity (Wildman–Crippen MR) is 115 cm³/mol. The lowest BCUT2D eigenvalue weighted by Crippen LogP contribution is -2.38. The Morgan fingerprint density at radius 3 is 2.69 bits per heavy atom. The molecule has 0 aliphatic heterocycles. The Labute approximate surface area is 173 Å². The van der Waals surface area contributed by atoms with Crippen molar-refractivity contribution < 1.29 is 9.26 Å². The predicted octanol–water partition coefficient (Wildman–Crippen LogP) is 4.02. The first-order valence-corrected chi connectivity index (χ1v) is 8.62. The minimum Gasteiger partial charge on any atom is -0.496 e. The molecule has 0 spiro atoms. The maximum atomic E-state index is 5.43. The fraction of sp³-hybridized carbons (Fsp3) is 0.474. The summed E-state index contributed by atoms with van der Waals surface area (Å²) < 4.78 is 10.8. The fourth-order valence-corrected chi connectivity index (χ4v) is 2.46. The molecule has 7 heteroatoms. The van der Waals surface area contributed by atoms with Crippen LogP contribution in [0, 0.1) is 0 Å². The number of methoxy groups -OCH3 is 1. The summed E-state index contributed by atoms with van der Waals surface area (Å²) in [5.74, 6) is 2.81. The van der Waals surface area contributed by atoms with Crippen molar-refractivity contribution in [2.24, 2.45) is 4.99 Å². The highest BCUT2D eigenvalue weighted by Gasteiger charge is 2.11. The van der Waals surface area contributed by atoms with E-state index in [1.165, 1.54) is 0 Å². The van der Waals surface area contributed by atoms with E-state index in [0.717, 1.165) is 35.3 Å². The van der Waals surface area contributed by atoms with Gasteiger partial charge in [0, 0.05) is 31.8 Å². The van der Waals surface area contributed by atoms with Gasteiger partial charge < -0.3 is 19.5 Å². The van der Waals surface area contributed by atoms with Crippen LogP contribution in [0.15, 0.2) is 39.8 Å². The van der Waals surface area contributed by atoms with Crippen LogP contribution in [0.2, 0.25) is 0 Å². The van der Waals surface area contributed by atoms with Crippen LogP contribution in [0.3, 0.4) is 0 Å². The normalized spacial score (nSPS) is 11.2. The van der Waals surface area contributed by atoms with Crippen molar-refractivity contribution in [3.8, 4) is 5.75 Å². The van der Waals surface area contributed by atoms with Crippen LogP contribution in [0.25, 0.3) is 0 Å². The maximum Gasteiger partial charge on any atom is 0.194 e. The van der Waals surface area contributed by atoms with Crippen LogP contribution in [0.1, 0.15) is 43.7 Å². The van der Waals surface area contributed by atoms with Gasteiger partial charge >= 0.3 is 0 Å². The molecule has 2 aromatic rings. The van der Waals surface area contributed by atoms with Crippen molar-refractivity contribution in [1.29, 1.82) is 0 Å². The van der Waals surface area contributed by atoms with Gasteiger partial charge in [-0.2, -0.15) is 0 Å². The van der Waals surface area contributed by atoms with Crippen molar-refractivity contribution >= 4 is 29.9 Å². The van der Waals surface area contributed by atoms with Gasteiger partial charge in [-0.15, -0.1) is 24.0 Å². The van der Waals surface area contributed by atoms with Gasteiger partial charge in [-0.3, -0.25) is 0 Å². The number of aliphatic imine (C=N–C) groups is 1. The zero-order valence-corrected chi connectivity index (χ0v) is 18.5. The second-order valence-corrected chi connectivity index (χ2v) is 6.21. The van der Waals surface area contributed by atoms with E-state index in [4.69, 9.17) is 9.26 Å². The molecule has 0 aliphatic rings. The molecule has 1 N–H and O–H groups in total. The van der Waals surface area contributed by atoms with Crippen LogP contribution >= 0.6 is 24.0 Å². The Hall–Kier alpha value is -1.77. The molecule has 2 rings (SSSR count). The molecule has 1 aromatic heterocycles. The van der Waals surface area contributed by atoms with Gasteiger partial charge in [0.05, 0.1) is 12.8 Å². The van der Waals surface area contributed by atoms with Crippen LogP contribution in [-0.4, -0.2) is 36.7 Å². The smallest absolute Gasteiger partial charge is 0.194 e. The zero-order valence-electron chi connectivity index (χ0n) is 16.2. The van der Waals surface area contributed by atoms with E-state index in [9.17, 15) is 0 Å². The lowest BCUT2D eigenvalue weighted by atomic mass is 10.1. The number of para-hydroxylation sites is 1. The summed E-state index contributed by atoms with van der Waals surface area (Å²) in [6.45, 7) is 8.19. The van der Waals surface area contributed by atoms with Gasteiger partial charge in [0.25, 0.3) is 0 Å². The summed E-state index contributed by atoms with van der Waals surface area (Å²) in [5.41, 5.74) is 2.07. The number of benzene rings is 1. The average Bonchev–Trinajstić information content (AvgIpc) is 3.08. The standard InChI is InChI=1S/C19H28N4O2.HI/c1-6-20-19(21-12-16-11-17(14(2)3)22-25-16)23(4)13-15-9-7-8-10-18(15)24-5;/h7-11,14H,6,12-13H2,1-5H3,(H,20,21);1H. The summed E-state index contributed by atoms with van der Waals surface area (Å²) in [7, 11) is 3.70. The molecule has 0 saturated heterocycles. The molecule has 0 saturated carbocycles. The molecule has 0 amide bonds. The minimum atomic E-state index is 0. The first-order chi connectivity index (χ1) is 12.0. The SMILES string of the molecule is CCNC(=NCc1cc(C(C)C)no1)N(C)Cc1ccccc1OC.I. The molecule has 0 atom stereocenters. The number of aromatic nitrogens is 1. The highest BCUT2D eigenvalue weighted by molar-refractivity contribution is 14.0. The number of ether oxygens (including phenoxy) is 1.